The molecule has 0 saturated carbocycles. The standard InChI is InChI=1S/C13H14F3N3/c1-10-3-5-11(6-4-10)12-17-9-19(18-12)8-2-7-13(14,15)16/h3-6,9H,2,7-8H2,1H3. The summed E-state index contributed by atoms with van der Waals surface area (Å²) in [5.74, 6) is 0.534. The van der Waals surface area contributed by atoms with Crippen LogP contribution >= 0.6 is 0 Å². The van der Waals surface area contributed by atoms with Crippen molar-refractivity contribution in [2.75, 3.05) is 0 Å². The number of alkyl halides is 3. The first-order valence-corrected chi connectivity index (χ1v) is 5.97. The summed E-state index contributed by atoms with van der Waals surface area (Å²) < 4.78 is 37.5. The Morgan fingerprint density at radius 1 is 1.16 bits per heavy atom. The summed E-state index contributed by atoms with van der Waals surface area (Å²) in [5.41, 5.74) is 1.99. The molecule has 3 nitrogen and oxygen atoms in total. The van der Waals surface area contributed by atoms with Crippen molar-refractivity contribution in [3.8, 4) is 11.4 Å². The Kier molecular flexibility index (Phi) is 3.87. The second-order valence-electron chi connectivity index (χ2n) is 4.42. The number of halogens is 3. The van der Waals surface area contributed by atoms with Gasteiger partial charge in [0.25, 0.3) is 0 Å². The molecule has 0 saturated heterocycles. The largest absolute Gasteiger partial charge is 0.389 e. The second-order valence-corrected chi connectivity index (χ2v) is 4.42. The average Bonchev–Trinajstić information content (AvgIpc) is 2.77. The first kappa shape index (κ1) is 13.6. The van der Waals surface area contributed by atoms with E-state index in [1.807, 2.05) is 31.2 Å². The topological polar surface area (TPSA) is 30.7 Å². The highest BCUT2D eigenvalue weighted by Crippen LogP contribution is 2.21. The third kappa shape index (κ3) is 4.08. The molecule has 6 heteroatoms. The van der Waals surface area contributed by atoms with Crippen molar-refractivity contribution in [2.24, 2.45) is 0 Å². The second kappa shape index (κ2) is 5.42. The van der Waals surface area contributed by atoms with Gasteiger partial charge in [-0.05, 0) is 13.3 Å². The number of aryl methyl sites for hydroxylation is 2. The van der Waals surface area contributed by atoms with Crippen LogP contribution < -0.4 is 0 Å². The molecule has 0 radical (unpaired) electrons. The van der Waals surface area contributed by atoms with E-state index in [1.54, 1.807) is 0 Å². The molecule has 1 heterocycles. The molecule has 102 valence electrons. The summed E-state index contributed by atoms with van der Waals surface area (Å²) in [6.45, 7) is 2.20. The van der Waals surface area contributed by atoms with Gasteiger partial charge in [0.05, 0.1) is 0 Å². The summed E-state index contributed by atoms with van der Waals surface area (Å²) in [6.07, 6.45) is -3.43. The van der Waals surface area contributed by atoms with E-state index in [0.717, 1.165) is 11.1 Å². The normalized spacial score (nSPS) is 11.8. The summed E-state index contributed by atoms with van der Waals surface area (Å²) in [5, 5.41) is 4.17. The molecule has 0 amide bonds. The van der Waals surface area contributed by atoms with E-state index >= 15 is 0 Å². The summed E-state index contributed by atoms with van der Waals surface area (Å²) in [7, 11) is 0. The Bertz CT molecular complexity index is 529. The van der Waals surface area contributed by atoms with Gasteiger partial charge in [0, 0.05) is 18.5 Å². The minimum absolute atomic E-state index is 0.0141. The molecule has 0 N–H and O–H groups in total. The lowest BCUT2D eigenvalue weighted by molar-refractivity contribution is -0.136. The average molecular weight is 269 g/mol. The fourth-order valence-electron chi connectivity index (χ4n) is 1.68. The monoisotopic (exact) mass is 269 g/mol. The van der Waals surface area contributed by atoms with Crippen LogP contribution in [-0.2, 0) is 6.54 Å². The van der Waals surface area contributed by atoms with E-state index in [4.69, 9.17) is 0 Å². The van der Waals surface area contributed by atoms with Gasteiger partial charge in [-0.3, -0.25) is 4.68 Å². The molecule has 0 spiro atoms. The van der Waals surface area contributed by atoms with Gasteiger partial charge in [0.1, 0.15) is 6.33 Å². The van der Waals surface area contributed by atoms with Crippen LogP contribution in [0.25, 0.3) is 11.4 Å². The molecular weight excluding hydrogens is 255 g/mol. The minimum atomic E-state index is -4.11. The highest BCUT2D eigenvalue weighted by Gasteiger charge is 2.26. The number of hydrogen-bond acceptors (Lipinski definition) is 2. The number of benzene rings is 1. The van der Waals surface area contributed by atoms with Crippen LogP contribution in [0.3, 0.4) is 0 Å². The van der Waals surface area contributed by atoms with Gasteiger partial charge < -0.3 is 0 Å². The molecule has 0 unspecified atom stereocenters. The number of nitrogens with zero attached hydrogens (tertiary/aromatic N) is 3. The third-order valence-electron chi connectivity index (χ3n) is 2.69. The molecule has 2 rings (SSSR count). The van der Waals surface area contributed by atoms with Crippen LogP contribution in [0.5, 0.6) is 0 Å². The van der Waals surface area contributed by atoms with Crippen LogP contribution in [0.1, 0.15) is 18.4 Å². The molecule has 1 aromatic heterocycles. The van der Waals surface area contributed by atoms with Crippen molar-refractivity contribution in [3.63, 3.8) is 0 Å². The third-order valence-corrected chi connectivity index (χ3v) is 2.69. The quantitative estimate of drug-likeness (QED) is 0.849. The highest BCUT2D eigenvalue weighted by atomic mass is 19.4. The molecular formula is C13H14F3N3. The molecule has 0 aliphatic heterocycles. The Hall–Kier alpha value is -1.85. The Morgan fingerprint density at radius 3 is 2.47 bits per heavy atom. The molecule has 0 aliphatic carbocycles. The van der Waals surface area contributed by atoms with Gasteiger partial charge in [-0.2, -0.15) is 18.3 Å². The van der Waals surface area contributed by atoms with E-state index < -0.39 is 12.6 Å². The molecule has 0 fully saturated rings. The number of hydrogen-bond donors (Lipinski definition) is 0. The van der Waals surface area contributed by atoms with Crippen molar-refractivity contribution < 1.29 is 13.2 Å². The summed E-state index contributed by atoms with van der Waals surface area (Å²) in [4.78, 5) is 4.10. The van der Waals surface area contributed by atoms with Gasteiger partial charge >= 0.3 is 6.18 Å². The van der Waals surface area contributed by atoms with Crippen molar-refractivity contribution in [3.05, 3.63) is 36.2 Å². The Morgan fingerprint density at radius 2 is 1.84 bits per heavy atom. The molecule has 19 heavy (non-hydrogen) atoms. The number of rotatable bonds is 4. The lowest BCUT2D eigenvalue weighted by atomic mass is 10.1. The smallest absolute Gasteiger partial charge is 0.252 e. The van der Waals surface area contributed by atoms with Gasteiger partial charge in [0.2, 0.25) is 0 Å². The zero-order chi connectivity index (χ0) is 13.9. The molecule has 0 bridgehead atoms. The van der Waals surface area contributed by atoms with Crippen LogP contribution in [0.15, 0.2) is 30.6 Å². The maximum Gasteiger partial charge on any atom is 0.389 e. The van der Waals surface area contributed by atoms with Crippen molar-refractivity contribution in [1.29, 1.82) is 0 Å². The zero-order valence-corrected chi connectivity index (χ0v) is 10.5. The van der Waals surface area contributed by atoms with Crippen LogP contribution in [0, 0.1) is 6.92 Å². The van der Waals surface area contributed by atoms with Crippen LogP contribution in [0.4, 0.5) is 13.2 Å². The molecule has 2 aromatic rings. The van der Waals surface area contributed by atoms with Gasteiger partial charge in [0.15, 0.2) is 5.82 Å². The predicted molar refractivity (Wildman–Crippen MR) is 65.5 cm³/mol. The minimum Gasteiger partial charge on any atom is -0.252 e. The van der Waals surface area contributed by atoms with Crippen molar-refractivity contribution in [1.82, 2.24) is 14.8 Å². The number of aromatic nitrogens is 3. The van der Waals surface area contributed by atoms with Gasteiger partial charge in [-0.15, -0.1) is 0 Å². The van der Waals surface area contributed by atoms with Crippen molar-refractivity contribution >= 4 is 0 Å². The Labute approximate surface area is 109 Å². The molecule has 0 aliphatic rings. The highest BCUT2D eigenvalue weighted by molar-refractivity contribution is 5.54. The van der Waals surface area contributed by atoms with E-state index in [2.05, 4.69) is 10.1 Å². The maximum absolute atomic E-state index is 12.0. The molecule has 1 aromatic carbocycles. The summed E-state index contributed by atoms with van der Waals surface area (Å²) >= 11 is 0. The van der Waals surface area contributed by atoms with Crippen molar-refractivity contribution in [2.45, 2.75) is 32.5 Å². The van der Waals surface area contributed by atoms with E-state index in [1.165, 1.54) is 11.0 Å². The lowest BCUT2D eigenvalue weighted by Gasteiger charge is -2.05. The van der Waals surface area contributed by atoms with E-state index in [-0.39, 0.29) is 13.0 Å². The van der Waals surface area contributed by atoms with Gasteiger partial charge in [-0.25, -0.2) is 4.98 Å². The van der Waals surface area contributed by atoms with E-state index in [0.29, 0.717) is 5.82 Å². The first-order chi connectivity index (χ1) is 8.94. The maximum atomic E-state index is 12.0. The van der Waals surface area contributed by atoms with Crippen LogP contribution in [-0.4, -0.2) is 20.9 Å². The first-order valence-electron chi connectivity index (χ1n) is 5.97. The zero-order valence-electron chi connectivity index (χ0n) is 10.5. The molecule has 0 atom stereocenters. The Balaban J connectivity index is 1.97. The fraction of sp³-hybridized carbons (Fsp3) is 0.385. The SMILES string of the molecule is Cc1ccc(-c2ncn(CCCC(F)(F)F)n2)cc1. The fourth-order valence-corrected chi connectivity index (χ4v) is 1.68. The predicted octanol–water partition coefficient (Wildman–Crippen LogP) is 3.60. The lowest BCUT2D eigenvalue weighted by Crippen LogP contribution is -2.09. The van der Waals surface area contributed by atoms with Crippen LogP contribution in [0.2, 0.25) is 0 Å². The van der Waals surface area contributed by atoms with E-state index in [9.17, 15) is 13.2 Å². The van der Waals surface area contributed by atoms with Gasteiger partial charge in [-0.1, -0.05) is 29.8 Å². The summed E-state index contributed by atoms with van der Waals surface area (Å²) in [6, 6.07) is 7.68.